The first-order valence-electron chi connectivity index (χ1n) is 11.5. The molecule has 0 unspecified atom stereocenters. The van der Waals surface area contributed by atoms with Crippen LogP contribution in [0.5, 0.6) is 5.75 Å². The summed E-state index contributed by atoms with van der Waals surface area (Å²) in [5.74, 6) is 1.96. The van der Waals surface area contributed by atoms with Gasteiger partial charge in [0.25, 0.3) is 0 Å². The van der Waals surface area contributed by atoms with Crippen molar-refractivity contribution in [2.45, 2.75) is 33.9 Å². The van der Waals surface area contributed by atoms with Crippen molar-refractivity contribution in [3.63, 3.8) is 0 Å². The van der Waals surface area contributed by atoms with Crippen molar-refractivity contribution in [1.82, 2.24) is 14.7 Å². The van der Waals surface area contributed by atoms with Gasteiger partial charge < -0.3 is 4.74 Å². The van der Waals surface area contributed by atoms with Gasteiger partial charge in [-0.25, -0.2) is 0 Å². The Morgan fingerprint density at radius 1 is 1.00 bits per heavy atom. The van der Waals surface area contributed by atoms with Crippen molar-refractivity contribution in [3.05, 3.63) is 75.4 Å². The van der Waals surface area contributed by atoms with E-state index in [4.69, 9.17) is 33.0 Å². The molecule has 34 heavy (non-hydrogen) atoms. The summed E-state index contributed by atoms with van der Waals surface area (Å²) < 4.78 is 7.90. The van der Waals surface area contributed by atoms with E-state index in [2.05, 4.69) is 18.7 Å². The Bertz CT molecular complexity index is 1140. The smallest absolute Gasteiger partial charge is 0.242 e. The van der Waals surface area contributed by atoms with E-state index >= 15 is 0 Å². The number of halogens is 2. The summed E-state index contributed by atoms with van der Waals surface area (Å²) in [7, 11) is 0. The molecule has 1 aliphatic rings. The van der Waals surface area contributed by atoms with Gasteiger partial charge in [0.15, 0.2) is 5.82 Å². The molecule has 1 amide bonds. The molecule has 0 aliphatic carbocycles. The fourth-order valence-corrected chi connectivity index (χ4v) is 4.28. The second kappa shape index (κ2) is 10.8. The summed E-state index contributed by atoms with van der Waals surface area (Å²) in [5, 5.41) is 6.13. The molecule has 3 aromatic rings. The lowest BCUT2D eigenvalue weighted by Gasteiger charge is -2.33. The number of anilines is 1. The van der Waals surface area contributed by atoms with E-state index in [9.17, 15) is 4.79 Å². The van der Waals surface area contributed by atoms with E-state index in [-0.39, 0.29) is 5.91 Å². The van der Waals surface area contributed by atoms with Gasteiger partial charge in [-0.1, -0.05) is 49.2 Å². The van der Waals surface area contributed by atoms with Gasteiger partial charge in [-0.05, 0) is 48.7 Å². The highest BCUT2D eigenvalue weighted by molar-refractivity contribution is 6.30. The van der Waals surface area contributed by atoms with E-state index in [0.29, 0.717) is 48.0 Å². The molecule has 1 saturated heterocycles. The molecule has 1 aromatic heterocycles. The number of nitrogens with zero attached hydrogens (tertiary/aromatic N) is 4. The Labute approximate surface area is 211 Å². The van der Waals surface area contributed by atoms with Crippen molar-refractivity contribution in [2.24, 2.45) is 5.92 Å². The van der Waals surface area contributed by atoms with Crippen LogP contribution in [-0.2, 0) is 17.9 Å². The zero-order valence-electron chi connectivity index (χ0n) is 19.8. The van der Waals surface area contributed by atoms with Gasteiger partial charge in [-0.2, -0.15) is 5.10 Å². The Morgan fingerprint density at radius 3 is 2.44 bits per heavy atom. The van der Waals surface area contributed by atoms with E-state index < -0.39 is 0 Å². The average molecular weight is 501 g/mol. The zero-order valence-corrected chi connectivity index (χ0v) is 21.3. The lowest BCUT2D eigenvalue weighted by Crippen LogP contribution is -2.50. The largest absolute Gasteiger partial charge is 0.493 e. The number of amides is 1. The monoisotopic (exact) mass is 500 g/mol. The van der Waals surface area contributed by atoms with Crippen LogP contribution in [0.2, 0.25) is 10.0 Å². The van der Waals surface area contributed by atoms with Crippen molar-refractivity contribution >= 4 is 34.9 Å². The van der Waals surface area contributed by atoms with Crippen LogP contribution < -0.4 is 9.64 Å². The molecule has 2 heterocycles. The first kappa shape index (κ1) is 24.6. The van der Waals surface area contributed by atoms with Gasteiger partial charge in [0.05, 0.1) is 19.7 Å². The molecule has 1 aliphatic heterocycles. The molecular weight excluding hydrogens is 471 g/mol. The van der Waals surface area contributed by atoms with Crippen LogP contribution >= 0.6 is 23.2 Å². The second-order valence-electron chi connectivity index (χ2n) is 9.14. The Balaban J connectivity index is 1.44. The summed E-state index contributed by atoms with van der Waals surface area (Å²) in [6.07, 6.45) is 0. The van der Waals surface area contributed by atoms with Crippen molar-refractivity contribution < 1.29 is 9.53 Å². The third-order valence-corrected chi connectivity index (χ3v) is 6.27. The van der Waals surface area contributed by atoms with Crippen LogP contribution in [0.3, 0.4) is 0 Å². The van der Waals surface area contributed by atoms with Crippen LogP contribution in [0, 0.1) is 12.8 Å². The van der Waals surface area contributed by atoms with Crippen LogP contribution in [-0.4, -0.2) is 46.8 Å². The summed E-state index contributed by atoms with van der Waals surface area (Å²) in [4.78, 5) is 16.9. The quantitative estimate of drug-likeness (QED) is 0.413. The molecule has 180 valence electrons. The summed E-state index contributed by atoms with van der Waals surface area (Å²) in [6.45, 7) is 9.84. The number of piperazine rings is 1. The molecule has 0 atom stereocenters. The second-order valence-corrected chi connectivity index (χ2v) is 10.0. The first-order chi connectivity index (χ1) is 16.3. The molecule has 0 N–H and O–H groups in total. The fourth-order valence-electron chi connectivity index (χ4n) is 3.96. The fraction of sp³-hybridized carbons (Fsp3) is 0.385. The number of carbonyl (C=O) groups excluding carboxylic acids is 1. The SMILES string of the molecule is Cc1cc(N2CCN(Cc3ccc(Cl)cc3)CC2=O)nn1Cc1cc(Cl)ccc1OCC(C)C. The number of aromatic nitrogens is 2. The molecule has 0 saturated carbocycles. The van der Waals surface area contributed by atoms with Gasteiger partial charge >= 0.3 is 0 Å². The summed E-state index contributed by atoms with van der Waals surface area (Å²) >= 11 is 12.2. The first-order valence-corrected chi connectivity index (χ1v) is 12.3. The van der Waals surface area contributed by atoms with E-state index in [1.165, 1.54) is 0 Å². The molecule has 6 nitrogen and oxygen atoms in total. The number of rotatable bonds is 8. The third kappa shape index (κ3) is 6.12. The minimum atomic E-state index is 0.0496. The Morgan fingerprint density at radius 2 is 1.74 bits per heavy atom. The maximum absolute atomic E-state index is 13.0. The predicted octanol–water partition coefficient (Wildman–Crippen LogP) is 5.43. The van der Waals surface area contributed by atoms with Crippen LogP contribution in [0.15, 0.2) is 48.5 Å². The van der Waals surface area contributed by atoms with Crippen molar-refractivity contribution in [1.29, 1.82) is 0 Å². The molecule has 0 radical (unpaired) electrons. The van der Waals surface area contributed by atoms with Gasteiger partial charge in [-0.3, -0.25) is 19.3 Å². The van der Waals surface area contributed by atoms with E-state index in [1.807, 2.05) is 60.1 Å². The number of hydrogen-bond donors (Lipinski definition) is 0. The molecule has 8 heteroatoms. The normalized spacial score (nSPS) is 14.8. The maximum atomic E-state index is 13.0. The third-order valence-electron chi connectivity index (χ3n) is 5.78. The van der Waals surface area contributed by atoms with Crippen molar-refractivity contribution in [3.8, 4) is 5.75 Å². The van der Waals surface area contributed by atoms with E-state index in [1.54, 1.807) is 4.90 Å². The highest BCUT2D eigenvalue weighted by Crippen LogP contribution is 2.26. The van der Waals surface area contributed by atoms with Crippen LogP contribution in [0.4, 0.5) is 5.82 Å². The van der Waals surface area contributed by atoms with Crippen LogP contribution in [0.1, 0.15) is 30.7 Å². The van der Waals surface area contributed by atoms with Gasteiger partial charge in [0.2, 0.25) is 5.91 Å². The molecule has 1 fully saturated rings. The van der Waals surface area contributed by atoms with Crippen molar-refractivity contribution in [2.75, 3.05) is 31.1 Å². The van der Waals surface area contributed by atoms with Gasteiger partial charge in [-0.15, -0.1) is 0 Å². The predicted molar refractivity (Wildman–Crippen MR) is 137 cm³/mol. The zero-order chi connectivity index (χ0) is 24.2. The summed E-state index contributed by atoms with van der Waals surface area (Å²) in [6, 6.07) is 15.4. The average Bonchev–Trinajstić information content (AvgIpc) is 3.14. The highest BCUT2D eigenvalue weighted by Gasteiger charge is 2.27. The minimum absolute atomic E-state index is 0.0496. The molecule has 2 aromatic carbocycles. The standard InChI is InChI=1S/C26H30Cl2N4O2/c1-18(2)17-34-24-9-8-23(28)13-21(24)15-32-19(3)12-25(29-32)31-11-10-30(16-26(31)33)14-20-4-6-22(27)7-5-20/h4-9,12-13,18H,10-11,14-17H2,1-3H3. The lowest BCUT2D eigenvalue weighted by atomic mass is 10.2. The maximum Gasteiger partial charge on any atom is 0.242 e. The van der Waals surface area contributed by atoms with Gasteiger partial charge in [0, 0.05) is 47.0 Å². The van der Waals surface area contributed by atoms with Gasteiger partial charge in [0.1, 0.15) is 5.75 Å². The number of carbonyl (C=O) groups is 1. The van der Waals surface area contributed by atoms with Crippen LogP contribution in [0.25, 0.3) is 0 Å². The number of aryl methyl sites for hydroxylation is 1. The molecular formula is C26H30Cl2N4O2. The number of ether oxygens (including phenoxy) is 1. The molecule has 4 rings (SSSR count). The topological polar surface area (TPSA) is 50.6 Å². The van der Waals surface area contributed by atoms with E-state index in [0.717, 1.165) is 35.7 Å². The summed E-state index contributed by atoms with van der Waals surface area (Å²) in [5.41, 5.74) is 3.08. The Kier molecular flexibility index (Phi) is 7.81. The number of hydrogen-bond acceptors (Lipinski definition) is 4. The Hall–Kier alpha value is -2.54. The molecule has 0 spiro atoms. The molecule has 0 bridgehead atoms. The lowest BCUT2D eigenvalue weighted by molar-refractivity contribution is -0.121. The number of benzene rings is 2. The minimum Gasteiger partial charge on any atom is -0.493 e. The highest BCUT2D eigenvalue weighted by atomic mass is 35.5.